The smallest absolute Gasteiger partial charge is 0.427 e. The minimum Gasteiger partial charge on any atom is -0.485 e. The molecule has 202 valence electrons. The highest BCUT2D eigenvalue weighted by molar-refractivity contribution is 7.92. The van der Waals surface area contributed by atoms with E-state index in [9.17, 15) is 35.9 Å². The van der Waals surface area contributed by atoms with Crippen molar-refractivity contribution < 1.29 is 45.4 Å². The lowest BCUT2D eigenvalue weighted by atomic mass is 10.1. The van der Waals surface area contributed by atoms with Crippen LogP contribution in [-0.4, -0.2) is 74.6 Å². The molecule has 0 bridgehead atoms. The highest BCUT2D eigenvalue weighted by Crippen LogP contribution is 2.39. The largest absolute Gasteiger partial charge is 0.485 e. The number of esters is 1. The summed E-state index contributed by atoms with van der Waals surface area (Å²) in [5.41, 5.74) is -2.39. The number of ether oxygens (including phenoxy) is 2. The molecule has 0 unspecified atom stereocenters. The number of hydrogen-bond donors (Lipinski definition) is 1. The Morgan fingerprint density at radius 2 is 1.76 bits per heavy atom. The van der Waals surface area contributed by atoms with E-state index in [0.717, 1.165) is 42.4 Å². The lowest BCUT2D eigenvalue weighted by molar-refractivity contribution is -0.257. The van der Waals surface area contributed by atoms with Crippen LogP contribution in [0.25, 0.3) is 0 Å². The van der Waals surface area contributed by atoms with Crippen molar-refractivity contribution in [3.05, 3.63) is 53.8 Å². The first kappa shape index (κ1) is 27.1. The van der Waals surface area contributed by atoms with Gasteiger partial charge in [0, 0.05) is 19.6 Å². The Bertz CT molecular complexity index is 1260. The average molecular weight is 547 g/mol. The van der Waals surface area contributed by atoms with Crippen LogP contribution in [0.3, 0.4) is 0 Å². The van der Waals surface area contributed by atoms with Gasteiger partial charge in [-0.1, -0.05) is 6.07 Å². The normalized spacial score (nSPS) is 19.1. The van der Waals surface area contributed by atoms with E-state index in [4.69, 9.17) is 4.74 Å². The quantitative estimate of drug-likeness (QED) is 0.422. The van der Waals surface area contributed by atoms with Crippen molar-refractivity contribution in [2.45, 2.75) is 49.1 Å². The Balaban J connectivity index is 1.63. The monoisotopic (exact) mass is 546 g/mol. The van der Waals surface area contributed by atoms with Crippen molar-refractivity contribution in [1.82, 2.24) is 4.90 Å². The number of likely N-dealkylation sites (tertiary alicyclic amines) is 1. The fourth-order valence-electron chi connectivity index (χ4n) is 4.05. The number of aliphatic hydroxyl groups is 1. The van der Waals surface area contributed by atoms with Crippen molar-refractivity contribution in [3.63, 3.8) is 0 Å². The summed E-state index contributed by atoms with van der Waals surface area (Å²) in [6, 6.07) is 8.52. The first-order chi connectivity index (χ1) is 17.2. The van der Waals surface area contributed by atoms with Crippen LogP contribution in [0.1, 0.15) is 19.4 Å². The Morgan fingerprint density at radius 1 is 1.11 bits per heavy atom. The van der Waals surface area contributed by atoms with Crippen LogP contribution in [0.4, 0.5) is 23.2 Å². The van der Waals surface area contributed by atoms with Crippen LogP contribution in [-0.2, 0) is 26.0 Å². The maximum absolute atomic E-state index is 13.5. The first-order valence-corrected chi connectivity index (χ1v) is 12.9. The van der Waals surface area contributed by atoms with Gasteiger partial charge in [0.2, 0.25) is 5.60 Å². The molecule has 8 nitrogen and oxygen atoms in total. The summed E-state index contributed by atoms with van der Waals surface area (Å²) >= 11 is 0. The van der Waals surface area contributed by atoms with Crippen molar-refractivity contribution in [2.75, 3.05) is 30.5 Å². The summed E-state index contributed by atoms with van der Waals surface area (Å²) in [7, 11) is -4.20. The van der Waals surface area contributed by atoms with Gasteiger partial charge >= 0.3 is 12.1 Å². The van der Waals surface area contributed by atoms with E-state index in [1.807, 2.05) is 4.90 Å². The Kier molecular flexibility index (Phi) is 7.16. The molecular weight excluding hydrogens is 520 g/mol. The van der Waals surface area contributed by atoms with Gasteiger partial charge in [0.15, 0.2) is 0 Å². The number of nitrogens with zero attached hydrogens (tertiary/aromatic N) is 2. The molecule has 0 aromatic heterocycles. The predicted molar refractivity (Wildman–Crippen MR) is 124 cm³/mol. The molecule has 13 heteroatoms. The van der Waals surface area contributed by atoms with Gasteiger partial charge < -0.3 is 14.6 Å². The third kappa shape index (κ3) is 5.83. The zero-order valence-corrected chi connectivity index (χ0v) is 20.9. The second kappa shape index (κ2) is 9.76. The van der Waals surface area contributed by atoms with Crippen molar-refractivity contribution in [2.24, 2.45) is 0 Å². The number of sulfonamides is 1. The Labute approximate surface area is 211 Å². The lowest BCUT2D eigenvalue weighted by Gasteiger charge is -2.41. The number of rotatable bonds is 7. The summed E-state index contributed by atoms with van der Waals surface area (Å²) < 4.78 is 91.5. The Hall–Kier alpha value is -2.90. The number of hydrogen-bond acceptors (Lipinski definition) is 7. The van der Waals surface area contributed by atoms with Crippen molar-refractivity contribution >= 4 is 21.7 Å². The van der Waals surface area contributed by atoms with Crippen LogP contribution in [0.2, 0.25) is 0 Å². The number of anilines is 1. The third-order valence-corrected chi connectivity index (χ3v) is 7.95. The fraction of sp³-hybridized carbons (Fsp3) is 0.458. The highest BCUT2D eigenvalue weighted by atomic mass is 32.2. The van der Waals surface area contributed by atoms with E-state index in [1.54, 1.807) is 0 Å². The standard InChI is InChI=1S/C24H26F4N2O6S/c1-23(2,24(26,27)28)36-22(32)10-15-3-8-21-20(9-15)30(14-18(35-21)13-29-11-17(31)12-29)37(33,34)19-6-4-16(25)5-7-19/h3-9,17-18,31H,10-14H2,1-2H3/t18-/m0/s1. The number of carbonyl (C=O) groups is 1. The van der Waals surface area contributed by atoms with Gasteiger partial charge in [-0.05, 0) is 55.8 Å². The molecule has 1 saturated heterocycles. The number of fused-ring (bicyclic) bond motifs is 1. The summed E-state index contributed by atoms with van der Waals surface area (Å²) in [4.78, 5) is 14.0. The molecule has 0 spiro atoms. The topological polar surface area (TPSA) is 96.4 Å². The van der Waals surface area contributed by atoms with Crippen molar-refractivity contribution in [1.29, 1.82) is 0 Å². The molecule has 1 fully saturated rings. The molecule has 2 aromatic carbocycles. The number of carbonyl (C=O) groups excluding carboxylic acids is 1. The second-order valence-electron chi connectivity index (χ2n) is 9.56. The van der Waals surface area contributed by atoms with Gasteiger partial charge in [-0.2, -0.15) is 13.2 Å². The number of β-amino-alcohol motifs (C(OH)–C–C–N with tert-alkyl or cyclic N) is 1. The minimum absolute atomic E-state index is 0.0876. The molecule has 2 aliphatic rings. The van der Waals surface area contributed by atoms with Gasteiger partial charge in [-0.3, -0.25) is 14.0 Å². The predicted octanol–water partition coefficient (Wildman–Crippen LogP) is 2.89. The third-order valence-electron chi connectivity index (χ3n) is 6.16. The number of benzene rings is 2. The van der Waals surface area contributed by atoms with Crippen LogP contribution < -0.4 is 9.04 Å². The summed E-state index contributed by atoms with van der Waals surface area (Å²) in [6.45, 7) is 2.54. The zero-order chi connectivity index (χ0) is 27.2. The number of halogens is 4. The second-order valence-corrected chi connectivity index (χ2v) is 11.4. The first-order valence-electron chi connectivity index (χ1n) is 11.4. The molecule has 1 atom stereocenters. The minimum atomic E-state index is -4.77. The zero-order valence-electron chi connectivity index (χ0n) is 20.0. The van der Waals surface area contributed by atoms with E-state index >= 15 is 0 Å². The average Bonchev–Trinajstić information content (AvgIpc) is 2.76. The molecule has 2 aliphatic heterocycles. The highest BCUT2D eigenvalue weighted by Gasteiger charge is 2.50. The van der Waals surface area contributed by atoms with Crippen LogP contribution in [0, 0.1) is 5.82 Å². The van der Waals surface area contributed by atoms with Gasteiger partial charge in [0.25, 0.3) is 10.0 Å². The van der Waals surface area contributed by atoms with E-state index in [2.05, 4.69) is 4.74 Å². The summed E-state index contributed by atoms with van der Waals surface area (Å²) in [5, 5.41) is 9.56. The van der Waals surface area contributed by atoms with Gasteiger partial charge in [-0.15, -0.1) is 0 Å². The molecule has 0 radical (unpaired) electrons. The number of alkyl halides is 3. The molecule has 1 N–H and O–H groups in total. The van der Waals surface area contributed by atoms with Crippen LogP contribution >= 0.6 is 0 Å². The van der Waals surface area contributed by atoms with E-state index in [0.29, 0.717) is 19.6 Å². The lowest BCUT2D eigenvalue weighted by Crippen LogP contribution is -2.56. The van der Waals surface area contributed by atoms with E-state index in [-0.39, 0.29) is 28.4 Å². The number of aliphatic hydroxyl groups excluding tert-OH is 1. The van der Waals surface area contributed by atoms with Crippen LogP contribution in [0.5, 0.6) is 5.75 Å². The SMILES string of the molecule is CC(C)(OC(=O)Cc1ccc2c(c1)N(S(=O)(=O)c1ccc(F)cc1)C[C@H](CN1CC(O)C1)O2)C(F)(F)F. The molecule has 4 rings (SSSR count). The van der Waals surface area contributed by atoms with Gasteiger partial charge in [0.1, 0.15) is 17.7 Å². The van der Waals surface area contributed by atoms with E-state index < -0.39 is 52.2 Å². The molecule has 37 heavy (non-hydrogen) atoms. The van der Waals surface area contributed by atoms with Gasteiger partial charge in [-0.25, -0.2) is 12.8 Å². The molecule has 0 saturated carbocycles. The summed E-state index contributed by atoms with van der Waals surface area (Å²) in [6.07, 6.45) is -6.36. The Morgan fingerprint density at radius 3 is 2.35 bits per heavy atom. The molecular formula is C24H26F4N2O6S. The fourth-order valence-corrected chi connectivity index (χ4v) is 5.55. The maximum atomic E-state index is 13.5. The van der Waals surface area contributed by atoms with Crippen LogP contribution in [0.15, 0.2) is 47.4 Å². The molecule has 2 heterocycles. The molecule has 0 aliphatic carbocycles. The van der Waals surface area contributed by atoms with E-state index in [1.165, 1.54) is 18.2 Å². The summed E-state index contributed by atoms with van der Waals surface area (Å²) in [5.74, 6) is -1.56. The maximum Gasteiger partial charge on any atom is 0.427 e. The molecule has 2 aromatic rings. The molecule has 0 amide bonds. The van der Waals surface area contributed by atoms with Gasteiger partial charge in [0.05, 0.1) is 29.7 Å². The van der Waals surface area contributed by atoms with Crippen molar-refractivity contribution in [3.8, 4) is 5.75 Å².